The lowest BCUT2D eigenvalue weighted by Crippen LogP contribution is -2.00. The van der Waals surface area contributed by atoms with Gasteiger partial charge in [0.05, 0.1) is 5.69 Å². The van der Waals surface area contributed by atoms with Gasteiger partial charge in [-0.1, -0.05) is 19.0 Å². The molecular weight excluding hydrogens is 182 g/mol. The van der Waals surface area contributed by atoms with E-state index in [9.17, 15) is 4.79 Å². The highest BCUT2D eigenvalue weighted by Gasteiger charge is 2.18. The molecule has 2 aromatic heterocycles. The Morgan fingerprint density at radius 1 is 1.50 bits per heavy atom. The lowest BCUT2D eigenvalue weighted by molar-refractivity contribution is 0.111. The Morgan fingerprint density at radius 2 is 2.21 bits per heavy atom. The Balaban J connectivity index is 2.80. The molecule has 0 aliphatic rings. The normalized spacial score (nSPS) is 11.4. The van der Waals surface area contributed by atoms with Gasteiger partial charge in [0.25, 0.3) is 0 Å². The number of imidazole rings is 1. The molecule has 0 radical (unpaired) electrons. The zero-order valence-electron chi connectivity index (χ0n) is 8.31. The third-order valence-corrected chi connectivity index (χ3v) is 2.14. The number of carbonyl (C=O) groups excluding carboxylic acids is 1. The first-order chi connectivity index (χ1) is 6.65. The van der Waals surface area contributed by atoms with Gasteiger partial charge in [0, 0.05) is 5.92 Å². The minimum atomic E-state index is 0.198. The van der Waals surface area contributed by atoms with Crippen molar-refractivity contribution in [3.05, 3.63) is 17.2 Å². The quantitative estimate of drug-likeness (QED) is 0.679. The molecule has 0 aliphatic carbocycles. The number of aromatic nitrogens is 3. The average molecular weight is 193 g/mol. The van der Waals surface area contributed by atoms with Crippen molar-refractivity contribution in [3.8, 4) is 0 Å². The summed E-state index contributed by atoms with van der Waals surface area (Å²) in [5, 5.41) is 3.87. The number of aryl methyl sites for hydroxylation is 1. The van der Waals surface area contributed by atoms with E-state index in [1.54, 1.807) is 11.3 Å². The zero-order chi connectivity index (χ0) is 10.3. The lowest BCUT2D eigenvalue weighted by Gasteiger charge is -1.99. The van der Waals surface area contributed by atoms with Crippen molar-refractivity contribution >= 4 is 12.1 Å². The fourth-order valence-electron chi connectivity index (χ4n) is 1.43. The van der Waals surface area contributed by atoms with E-state index in [4.69, 9.17) is 4.52 Å². The van der Waals surface area contributed by atoms with Gasteiger partial charge in [-0.2, -0.15) is 4.98 Å². The Hall–Kier alpha value is -1.65. The molecular formula is C9H11N3O2. The SMILES string of the molecule is Cc1nc2onc(C(C)C)n2c1C=O. The number of nitrogens with zero attached hydrogens (tertiary/aromatic N) is 3. The van der Waals surface area contributed by atoms with Crippen LogP contribution in [0, 0.1) is 6.92 Å². The second-order valence-corrected chi connectivity index (χ2v) is 3.51. The van der Waals surface area contributed by atoms with Crippen LogP contribution in [0.1, 0.15) is 41.8 Å². The van der Waals surface area contributed by atoms with Crippen LogP contribution in [0.2, 0.25) is 0 Å². The summed E-state index contributed by atoms with van der Waals surface area (Å²) in [6.45, 7) is 5.75. The maximum absolute atomic E-state index is 10.8. The van der Waals surface area contributed by atoms with Crippen LogP contribution in [-0.2, 0) is 0 Å². The molecule has 5 nitrogen and oxygen atoms in total. The van der Waals surface area contributed by atoms with Gasteiger partial charge in [0.1, 0.15) is 5.69 Å². The van der Waals surface area contributed by atoms with Crippen molar-refractivity contribution in [1.82, 2.24) is 14.5 Å². The summed E-state index contributed by atoms with van der Waals surface area (Å²) in [5.74, 6) is 1.31. The molecule has 0 aliphatic heterocycles. The summed E-state index contributed by atoms with van der Waals surface area (Å²) in [7, 11) is 0. The predicted molar refractivity (Wildman–Crippen MR) is 49.5 cm³/mol. The van der Waals surface area contributed by atoms with Crippen LogP contribution in [-0.4, -0.2) is 20.8 Å². The lowest BCUT2D eigenvalue weighted by atomic mass is 10.2. The summed E-state index contributed by atoms with van der Waals surface area (Å²) in [4.78, 5) is 14.9. The molecule has 74 valence electrons. The molecule has 0 saturated carbocycles. The molecule has 2 rings (SSSR count). The van der Waals surface area contributed by atoms with E-state index in [0.717, 1.165) is 12.1 Å². The smallest absolute Gasteiger partial charge is 0.315 e. The number of carbonyl (C=O) groups is 1. The van der Waals surface area contributed by atoms with Gasteiger partial charge < -0.3 is 4.52 Å². The second kappa shape index (κ2) is 2.94. The summed E-state index contributed by atoms with van der Waals surface area (Å²) < 4.78 is 6.68. The van der Waals surface area contributed by atoms with E-state index >= 15 is 0 Å². The standard InChI is InChI=1S/C9H11N3O2/c1-5(2)8-11-14-9-10-6(3)7(4-13)12(8)9/h4-5H,1-3H3. The van der Waals surface area contributed by atoms with Crippen LogP contribution in [0.5, 0.6) is 0 Å². The first kappa shape index (κ1) is 8.93. The third-order valence-electron chi connectivity index (χ3n) is 2.14. The maximum Gasteiger partial charge on any atom is 0.332 e. The van der Waals surface area contributed by atoms with E-state index < -0.39 is 0 Å². The van der Waals surface area contributed by atoms with Gasteiger partial charge in [-0.05, 0) is 6.92 Å². The molecule has 0 atom stereocenters. The average Bonchev–Trinajstić information content (AvgIpc) is 2.61. The predicted octanol–water partition coefficient (Wildman–Crippen LogP) is 1.57. The fourth-order valence-corrected chi connectivity index (χ4v) is 1.43. The van der Waals surface area contributed by atoms with Crippen LogP contribution in [0.3, 0.4) is 0 Å². The van der Waals surface area contributed by atoms with Gasteiger partial charge in [-0.15, -0.1) is 0 Å². The van der Waals surface area contributed by atoms with E-state index in [2.05, 4.69) is 10.1 Å². The van der Waals surface area contributed by atoms with E-state index in [1.165, 1.54) is 0 Å². The van der Waals surface area contributed by atoms with Gasteiger partial charge in [-0.3, -0.25) is 4.79 Å². The Morgan fingerprint density at radius 3 is 2.79 bits per heavy atom. The number of aldehydes is 1. The number of rotatable bonds is 2. The third kappa shape index (κ3) is 1.05. The van der Waals surface area contributed by atoms with Crippen molar-refractivity contribution < 1.29 is 9.32 Å². The highest BCUT2D eigenvalue weighted by molar-refractivity contribution is 5.75. The molecule has 0 saturated heterocycles. The molecule has 0 bridgehead atoms. The Bertz CT molecular complexity index is 481. The van der Waals surface area contributed by atoms with Crippen molar-refractivity contribution in [2.75, 3.05) is 0 Å². The summed E-state index contributed by atoms with van der Waals surface area (Å²) in [5.41, 5.74) is 1.19. The van der Waals surface area contributed by atoms with Crippen molar-refractivity contribution in [2.24, 2.45) is 0 Å². The number of hydrogen-bond acceptors (Lipinski definition) is 4. The fraction of sp³-hybridized carbons (Fsp3) is 0.444. The highest BCUT2D eigenvalue weighted by Crippen LogP contribution is 2.18. The monoisotopic (exact) mass is 193 g/mol. The molecule has 2 aromatic rings. The highest BCUT2D eigenvalue weighted by atomic mass is 16.5. The molecule has 14 heavy (non-hydrogen) atoms. The Kier molecular flexibility index (Phi) is 1.87. The number of hydrogen-bond donors (Lipinski definition) is 0. The minimum Gasteiger partial charge on any atom is -0.315 e. The van der Waals surface area contributed by atoms with Gasteiger partial charge in [-0.25, -0.2) is 4.40 Å². The number of fused-ring (bicyclic) bond motifs is 1. The molecule has 5 heteroatoms. The molecule has 0 aromatic carbocycles. The molecule has 0 unspecified atom stereocenters. The van der Waals surface area contributed by atoms with E-state index in [0.29, 0.717) is 17.2 Å². The van der Waals surface area contributed by atoms with Crippen LogP contribution in [0.4, 0.5) is 0 Å². The van der Waals surface area contributed by atoms with Crippen molar-refractivity contribution in [1.29, 1.82) is 0 Å². The summed E-state index contributed by atoms with van der Waals surface area (Å²) >= 11 is 0. The van der Waals surface area contributed by atoms with E-state index in [1.807, 2.05) is 13.8 Å². The topological polar surface area (TPSA) is 60.4 Å². The molecule has 2 heterocycles. The summed E-state index contributed by atoms with van der Waals surface area (Å²) in [6.07, 6.45) is 0.776. The van der Waals surface area contributed by atoms with Gasteiger partial charge >= 0.3 is 5.84 Å². The van der Waals surface area contributed by atoms with Crippen LogP contribution in [0.15, 0.2) is 4.52 Å². The first-order valence-corrected chi connectivity index (χ1v) is 4.45. The van der Waals surface area contributed by atoms with Crippen molar-refractivity contribution in [3.63, 3.8) is 0 Å². The largest absolute Gasteiger partial charge is 0.332 e. The minimum absolute atomic E-state index is 0.198. The van der Waals surface area contributed by atoms with Crippen molar-refractivity contribution in [2.45, 2.75) is 26.7 Å². The van der Waals surface area contributed by atoms with E-state index in [-0.39, 0.29) is 5.92 Å². The van der Waals surface area contributed by atoms with Crippen LogP contribution >= 0.6 is 0 Å². The van der Waals surface area contributed by atoms with Crippen LogP contribution < -0.4 is 0 Å². The summed E-state index contributed by atoms with van der Waals surface area (Å²) in [6, 6.07) is 0. The molecule has 0 fully saturated rings. The second-order valence-electron chi connectivity index (χ2n) is 3.51. The molecule has 0 N–H and O–H groups in total. The zero-order valence-corrected chi connectivity index (χ0v) is 8.31. The first-order valence-electron chi connectivity index (χ1n) is 4.45. The molecule has 0 spiro atoms. The van der Waals surface area contributed by atoms with Gasteiger partial charge in [0.2, 0.25) is 0 Å². The Labute approximate surface area is 80.7 Å². The van der Waals surface area contributed by atoms with Crippen LogP contribution in [0.25, 0.3) is 5.84 Å². The molecule has 0 amide bonds. The van der Waals surface area contributed by atoms with Gasteiger partial charge in [0.15, 0.2) is 12.1 Å². The maximum atomic E-state index is 10.8.